The molecule has 0 saturated carbocycles. The third kappa shape index (κ3) is 4.91. The van der Waals surface area contributed by atoms with Gasteiger partial charge in [0.1, 0.15) is 0 Å². The Balaban J connectivity index is 1.36. The van der Waals surface area contributed by atoms with Gasteiger partial charge < -0.3 is 24.2 Å². The van der Waals surface area contributed by atoms with Crippen LogP contribution in [-0.2, 0) is 20.4 Å². The van der Waals surface area contributed by atoms with Crippen molar-refractivity contribution in [3.63, 3.8) is 0 Å². The highest BCUT2D eigenvalue weighted by molar-refractivity contribution is 5.94. The van der Waals surface area contributed by atoms with Gasteiger partial charge in [0, 0.05) is 30.8 Å². The molecule has 0 spiro atoms. The highest BCUT2D eigenvalue weighted by Gasteiger charge is 2.38. The van der Waals surface area contributed by atoms with Crippen molar-refractivity contribution in [3.05, 3.63) is 35.7 Å². The van der Waals surface area contributed by atoms with Crippen molar-refractivity contribution in [2.75, 3.05) is 39.5 Å². The number of nitrogens with one attached hydrogen (secondary N) is 1. The lowest BCUT2D eigenvalue weighted by Gasteiger charge is -2.37. The molecule has 3 heterocycles. The number of aromatic nitrogens is 2. The molecule has 1 aromatic carbocycles. The molecule has 2 aromatic rings. The van der Waals surface area contributed by atoms with Crippen LogP contribution >= 0.6 is 0 Å². The van der Waals surface area contributed by atoms with E-state index in [9.17, 15) is 22.8 Å². The maximum atomic E-state index is 12.7. The third-order valence-corrected chi connectivity index (χ3v) is 5.36. The van der Waals surface area contributed by atoms with Crippen LogP contribution in [0, 0.1) is 5.92 Å². The van der Waals surface area contributed by atoms with E-state index < -0.39 is 12.1 Å². The number of carbonyl (C=O) groups is 2. The van der Waals surface area contributed by atoms with Gasteiger partial charge in [-0.1, -0.05) is 17.3 Å². The van der Waals surface area contributed by atoms with Crippen LogP contribution in [0.5, 0.6) is 0 Å². The van der Waals surface area contributed by atoms with Gasteiger partial charge in [-0.15, -0.1) is 0 Å². The summed E-state index contributed by atoms with van der Waals surface area (Å²) in [5, 5.41) is 6.10. The van der Waals surface area contributed by atoms with E-state index in [0.717, 1.165) is 0 Å². The first kappa shape index (κ1) is 22.2. The van der Waals surface area contributed by atoms with Crippen LogP contribution in [0.2, 0.25) is 0 Å². The summed E-state index contributed by atoms with van der Waals surface area (Å²) in [7, 11) is 0. The predicted molar refractivity (Wildman–Crippen MR) is 102 cm³/mol. The minimum atomic E-state index is -4.73. The molecule has 2 aliphatic heterocycles. The minimum absolute atomic E-state index is 0.00717. The minimum Gasteiger partial charge on any atom is -0.381 e. The summed E-state index contributed by atoms with van der Waals surface area (Å²) in [4.78, 5) is 30.3. The lowest BCUT2D eigenvalue weighted by Crippen LogP contribution is -2.55. The Morgan fingerprint density at radius 3 is 2.53 bits per heavy atom. The van der Waals surface area contributed by atoms with Crippen LogP contribution in [0.4, 0.5) is 13.2 Å². The molecule has 2 amide bonds. The van der Waals surface area contributed by atoms with Gasteiger partial charge in [0.25, 0.3) is 5.91 Å². The Hall–Kier alpha value is -2.99. The molecule has 9 nitrogen and oxygen atoms in total. The molecule has 12 heteroatoms. The Bertz CT molecular complexity index is 957. The third-order valence-electron chi connectivity index (χ3n) is 5.36. The van der Waals surface area contributed by atoms with Crippen LogP contribution in [0.25, 0.3) is 11.4 Å². The maximum absolute atomic E-state index is 12.7. The molecule has 1 unspecified atom stereocenters. The fourth-order valence-electron chi connectivity index (χ4n) is 3.62. The molecule has 0 aliphatic carbocycles. The fraction of sp³-hybridized carbons (Fsp3) is 0.500. The number of nitrogens with zero attached hydrogens (tertiary/aromatic N) is 3. The van der Waals surface area contributed by atoms with Gasteiger partial charge in [-0.05, 0) is 18.6 Å². The summed E-state index contributed by atoms with van der Waals surface area (Å²) >= 11 is 0. The highest BCUT2D eigenvalue weighted by atomic mass is 19.4. The lowest BCUT2D eigenvalue weighted by molar-refractivity contribution is -0.159. The molecule has 172 valence electrons. The van der Waals surface area contributed by atoms with Crippen LogP contribution in [-0.4, -0.2) is 72.4 Å². The quantitative estimate of drug-likeness (QED) is 0.734. The van der Waals surface area contributed by atoms with Crippen LogP contribution in [0.3, 0.4) is 0 Å². The number of morpholine rings is 1. The van der Waals surface area contributed by atoms with Crippen molar-refractivity contribution >= 4 is 11.8 Å². The Morgan fingerprint density at radius 2 is 1.88 bits per heavy atom. The largest absolute Gasteiger partial charge is 0.471 e. The molecule has 2 fully saturated rings. The van der Waals surface area contributed by atoms with Crippen molar-refractivity contribution < 1.29 is 36.8 Å². The average Bonchev–Trinajstić information content (AvgIpc) is 3.50. The average molecular weight is 454 g/mol. The Kier molecular flexibility index (Phi) is 6.42. The molecular formula is C20H21F3N4O5. The van der Waals surface area contributed by atoms with E-state index in [-0.39, 0.29) is 41.7 Å². The second-order valence-corrected chi connectivity index (χ2v) is 7.53. The highest BCUT2D eigenvalue weighted by Crippen LogP contribution is 2.29. The van der Waals surface area contributed by atoms with E-state index in [0.29, 0.717) is 45.0 Å². The van der Waals surface area contributed by atoms with Crippen LogP contribution in [0.15, 0.2) is 28.8 Å². The predicted octanol–water partition coefficient (Wildman–Crippen LogP) is 1.75. The van der Waals surface area contributed by atoms with E-state index in [1.807, 2.05) is 0 Å². The van der Waals surface area contributed by atoms with E-state index >= 15 is 0 Å². The van der Waals surface area contributed by atoms with Crippen molar-refractivity contribution in [2.24, 2.45) is 5.92 Å². The zero-order valence-electron chi connectivity index (χ0n) is 16.9. The van der Waals surface area contributed by atoms with E-state index in [1.165, 1.54) is 24.3 Å². The van der Waals surface area contributed by atoms with Crippen LogP contribution < -0.4 is 5.32 Å². The standard InChI is InChI=1S/C20H21F3N4O5/c21-20(22,23)19-25-16(26-32-19)12-1-3-13(4-2-12)17(28)24-9-15-11-31-8-6-27(15)18(29)14-5-7-30-10-14/h1-4,14-15H,5-11H2,(H,24,28)/t14?,15-/m0/s1. The van der Waals surface area contributed by atoms with Crippen molar-refractivity contribution in [3.8, 4) is 11.4 Å². The summed E-state index contributed by atoms with van der Waals surface area (Å²) in [6, 6.07) is 5.47. The number of hydrogen-bond acceptors (Lipinski definition) is 7. The summed E-state index contributed by atoms with van der Waals surface area (Å²) in [6.07, 6.45) is -4.04. The molecule has 1 aromatic heterocycles. The number of carbonyl (C=O) groups excluding carboxylic acids is 2. The molecule has 2 atom stereocenters. The second-order valence-electron chi connectivity index (χ2n) is 7.53. The van der Waals surface area contributed by atoms with E-state index in [2.05, 4.69) is 20.0 Å². The topological polar surface area (TPSA) is 107 Å². The van der Waals surface area contributed by atoms with Crippen molar-refractivity contribution in [1.82, 2.24) is 20.4 Å². The zero-order valence-corrected chi connectivity index (χ0v) is 16.9. The van der Waals surface area contributed by atoms with Gasteiger partial charge in [-0.2, -0.15) is 18.2 Å². The van der Waals surface area contributed by atoms with Gasteiger partial charge in [0.2, 0.25) is 11.7 Å². The molecule has 0 radical (unpaired) electrons. The van der Waals surface area contributed by atoms with Gasteiger partial charge in [0.15, 0.2) is 0 Å². The molecule has 0 bridgehead atoms. The molecule has 4 rings (SSSR count). The number of ether oxygens (including phenoxy) is 2. The molecule has 32 heavy (non-hydrogen) atoms. The fourth-order valence-corrected chi connectivity index (χ4v) is 3.62. The normalized spacial score (nSPS) is 21.5. The molecule has 2 aliphatic rings. The summed E-state index contributed by atoms with van der Waals surface area (Å²) in [6.45, 7) is 2.40. The number of rotatable bonds is 5. The van der Waals surface area contributed by atoms with Gasteiger partial charge in [-0.25, -0.2) is 0 Å². The van der Waals surface area contributed by atoms with Gasteiger partial charge in [0.05, 0.1) is 31.8 Å². The molecular weight excluding hydrogens is 433 g/mol. The Morgan fingerprint density at radius 1 is 1.12 bits per heavy atom. The Labute approximate surface area is 180 Å². The first-order valence-electron chi connectivity index (χ1n) is 10.1. The summed E-state index contributed by atoms with van der Waals surface area (Å²) in [5.41, 5.74) is 0.573. The number of alkyl halides is 3. The zero-order chi connectivity index (χ0) is 22.7. The first-order chi connectivity index (χ1) is 15.3. The number of hydrogen-bond donors (Lipinski definition) is 1. The van der Waals surface area contributed by atoms with Crippen LogP contribution in [0.1, 0.15) is 22.7 Å². The number of benzene rings is 1. The van der Waals surface area contributed by atoms with Gasteiger partial charge in [-0.3, -0.25) is 9.59 Å². The maximum Gasteiger partial charge on any atom is 0.471 e. The monoisotopic (exact) mass is 454 g/mol. The number of amides is 2. The van der Waals surface area contributed by atoms with E-state index in [1.54, 1.807) is 4.90 Å². The SMILES string of the molecule is O=C(NC[C@H]1COCCN1C(=O)C1CCOC1)c1ccc(-c2noc(C(F)(F)F)n2)cc1. The molecule has 2 saturated heterocycles. The first-order valence-corrected chi connectivity index (χ1v) is 10.1. The van der Waals surface area contributed by atoms with Gasteiger partial charge >= 0.3 is 12.1 Å². The lowest BCUT2D eigenvalue weighted by atomic mass is 10.1. The smallest absolute Gasteiger partial charge is 0.381 e. The second kappa shape index (κ2) is 9.25. The summed E-state index contributed by atoms with van der Waals surface area (Å²) in [5.74, 6) is -2.21. The van der Waals surface area contributed by atoms with Crippen molar-refractivity contribution in [2.45, 2.75) is 18.6 Å². The summed E-state index contributed by atoms with van der Waals surface area (Å²) < 4.78 is 52.8. The van der Waals surface area contributed by atoms with Crippen molar-refractivity contribution in [1.29, 1.82) is 0 Å². The molecule has 1 N–H and O–H groups in total. The van der Waals surface area contributed by atoms with E-state index in [4.69, 9.17) is 9.47 Å². The number of halogens is 3.